The van der Waals surface area contributed by atoms with Crippen molar-refractivity contribution in [3.63, 3.8) is 0 Å². The quantitative estimate of drug-likeness (QED) is 0.731. The van der Waals surface area contributed by atoms with Crippen molar-refractivity contribution in [2.75, 3.05) is 7.11 Å². The summed E-state index contributed by atoms with van der Waals surface area (Å²) in [5.41, 5.74) is 1.26. The third-order valence-electron chi connectivity index (χ3n) is 2.53. The van der Waals surface area contributed by atoms with Crippen molar-refractivity contribution in [2.24, 2.45) is 0 Å². The van der Waals surface area contributed by atoms with Crippen LogP contribution in [-0.4, -0.2) is 7.11 Å². The summed E-state index contributed by atoms with van der Waals surface area (Å²) in [5.74, 6) is 1.59. The van der Waals surface area contributed by atoms with Gasteiger partial charge in [-0.1, -0.05) is 19.9 Å². The molecule has 80 valence electrons. The molecular weight excluding hydrogens is 204 g/mol. The summed E-state index contributed by atoms with van der Waals surface area (Å²) in [5, 5.41) is 1.31. The lowest BCUT2D eigenvalue weighted by molar-refractivity contribution is 0.420. The molecule has 2 heteroatoms. The van der Waals surface area contributed by atoms with Gasteiger partial charge in [0.05, 0.1) is 11.8 Å². The Kier molecular flexibility index (Phi) is 2.70. The van der Waals surface area contributed by atoms with Crippen LogP contribution in [0.4, 0.5) is 0 Å². The highest BCUT2D eigenvalue weighted by Gasteiger charge is 2.09. The van der Waals surface area contributed by atoms with Gasteiger partial charge in [-0.2, -0.15) is 0 Å². The average molecular weight is 220 g/mol. The van der Waals surface area contributed by atoms with Crippen LogP contribution in [0.5, 0.6) is 5.75 Å². The molecule has 0 aliphatic carbocycles. The van der Waals surface area contributed by atoms with Gasteiger partial charge in [-0.15, -0.1) is 11.3 Å². The minimum absolute atomic E-state index is 0.590. The Bertz CT molecular complexity index is 482. The van der Waals surface area contributed by atoms with Crippen molar-refractivity contribution >= 4 is 21.4 Å². The van der Waals surface area contributed by atoms with E-state index in [1.54, 1.807) is 7.11 Å². The van der Waals surface area contributed by atoms with Gasteiger partial charge >= 0.3 is 0 Å². The van der Waals surface area contributed by atoms with E-state index in [1.165, 1.54) is 20.5 Å². The summed E-state index contributed by atoms with van der Waals surface area (Å²) in [6.45, 7) is 6.56. The third kappa shape index (κ3) is 1.86. The Balaban J connectivity index is 2.68. The maximum Gasteiger partial charge on any atom is 0.136 e. The fourth-order valence-electron chi connectivity index (χ4n) is 1.72. The van der Waals surface area contributed by atoms with Crippen molar-refractivity contribution in [2.45, 2.75) is 26.7 Å². The Morgan fingerprint density at radius 1 is 1.20 bits per heavy atom. The Morgan fingerprint density at radius 2 is 1.93 bits per heavy atom. The molecular formula is C13H16OS. The number of ether oxygens (including phenoxy) is 1. The monoisotopic (exact) mass is 220 g/mol. The first kappa shape index (κ1) is 10.5. The fraction of sp³-hybridized carbons (Fsp3) is 0.385. The molecule has 0 unspecified atom stereocenters. The highest BCUT2D eigenvalue weighted by Crippen LogP contribution is 2.37. The second-order valence-electron chi connectivity index (χ2n) is 4.19. The van der Waals surface area contributed by atoms with Crippen LogP contribution in [0.1, 0.15) is 30.2 Å². The van der Waals surface area contributed by atoms with Gasteiger partial charge in [-0.25, -0.2) is 0 Å². The number of rotatable bonds is 2. The van der Waals surface area contributed by atoms with E-state index >= 15 is 0 Å². The molecule has 0 bridgehead atoms. The molecule has 0 atom stereocenters. The molecule has 1 aromatic carbocycles. The Morgan fingerprint density at radius 3 is 2.53 bits per heavy atom. The number of thiophene rings is 1. The number of methoxy groups -OCH3 is 1. The van der Waals surface area contributed by atoms with E-state index in [1.807, 2.05) is 11.3 Å². The zero-order valence-electron chi connectivity index (χ0n) is 9.63. The minimum atomic E-state index is 0.590. The first-order chi connectivity index (χ1) is 7.11. The SMILES string of the molecule is COc1cc(C)cc2cc(C(C)C)sc12. The summed E-state index contributed by atoms with van der Waals surface area (Å²) < 4.78 is 6.68. The Hall–Kier alpha value is -1.02. The van der Waals surface area contributed by atoms with Crippen LogP contribution in [0.2, 0.25) is 0 Å². The highest BCUT2D eigenvalue weighted by atomic mass is 32.1. The zero-order valence-corrected chi connectivity index (χ0v) is 10.4. The van der Waals surface area contributed by atoms with Crippen LogP contribution < -0.4 is 4.74 Å². The normalized spacial score (nSPS) is 11.3. The van der Waals surface area contributed by atoms with Crippen LogP contribution in [0.25, 0.3) is 10.1 Å². The van der Waals surface area contributed by atoms with Gasteiger partial charge in [-0.05, 0) is 35.9 Å². The number of benzene rings is 1. The fourth-order valence-corrected chi connectivity index (χ4v) is 2.86. The maximum absolute atomic E-state index is 5.41. The van der Waals surface area contributed by atoms with Gasteiger partial charge in [-0.3, -0.25) is 0 Å². The standard InChI is InChI=1S/C13H16OS/c1-8(2)12-7-10-5-9(3)6-11(14-4)13(10)15-12/h5-8H,1-4H3. The second-order valence-corrected chi connectivity index (χ2v) is 5.27. The van der Waals surface area contributed by atoms with Gasteiger partial charge in [0.1, 0.15) is 5.75 Å². The van der Waals surface area contributed by atoms with E-state index in [0.29, 0.717) is 5.92 Å². The number of hydrogen-bond acceptors (Lipinski definition) is 2. The summed E-state index contributed by atoms with van der Waals surface area (Å²) in [4.78, 5) is 1.42. The van der Waals surface area contributed by atoms with E-state index in [9.17, 15) is 0 Å². The topological polar surface area (TPSA) is 9.23 Å². The average Bonchev–Trinajstić information content (AvgIpc) is 2.59. The molecule has 0 fully saturated rings. The van der Waals surface area contributed by atoms with E-state index in [2.05, 4.69) is 39.0 Å². The largest absolute Gasteiger partial charge is 0.495 e. The maximum atomic E-state index is 5.41. The van der Waals surface area contributed by atoms with Gasteiger partial charge < -0.3 is 4.74 Å². The lowest BCUT2D eigenvalue weighted by Gasteiger charge is -2.02. The lowest BCUT2D eigenvalue weighted by atomic mass is 10.1. The summed E-state index contributed by atoms with van der Waals surface area (Å²) in [6, 6.07) is 6.60. The molecule has 1 aromatic heterocycles. The van der Waals surface area contributed by atoms with Crippen molar-refractivity contribution in [3.8, 4) is 5.75 Å². The molecule has 0 amide bonds. The first-order valence-corrected chi connectivity index (χ1v) is 6.01. The van der Waals surface area contributed by atoms with E-state index in [4.69, 9.17) is 4.74 Å². The third-order valence-corrected chi connectivity index (χ3v) is 4.00. The highest BCUT2D eigenvalue weighted by molar-refractivity contribution is 7.19. The molecule has 0 spiro atoms. The van der Waals surface area contributed by atoms with E-state index in [0.717, 1.165) is 5.75 Å². The predicted octanol–water partition coefficient (Wildman–Crippen LogP) is 4.34. The molecule has 1 nitrogen and oxygen atoms in total. The number of hydrogen-bond donors (Lipinski definition) is 0. The molecule has 0 radical (unpaired) electrons. The van der Waals surface area contributed by atoms with Crippen molar-refractivity contribution in [1.82, 2.24) is 0 Å². The van der Waals surface area contributed by atoms with Crippen LogP contribution in [0, 0.1) is 6.92 Å². The molecule has 2 rings (SSSR count). The summed E-state index contributed by atoms with van der Waals surface area (Å²) >= 11 is 1.84. The van der Waals surface area contributed by atoms with Gasteiger partial charge in [0.2, 0.25) is 0 Å². The minimum Gasteiger partial charge on any atom is -0.495 e. The summed E-state index contributed by atoms with van der Waals surface area (Å²) in [7, 11) is 1.74. The van der Waals surface area contributed by atoms with Crippen molar-refractivity contribution < 1.29 is 4.74 Å². The van der Waals surface area contributed by atoms with Crippen LogP contribution in [0.15, 0.2) is 18.2 Å². The van der Waals surface area contributed by atoms with Crippen LogP contribution >= 0.6 is 11.3 Å². The van der Waals surface area contributed by atoms with Crippen LogP contribution in [0.3, 0.4) is 0 Å². The van der Waals surface area contributed by atoms with Gasteiger partial charge in [0.15, 0.2) is 0 Å². The molecule has 1 heterocycles. The molecule has 0 aliphatic heterocycles. The van der Waals surface area contributed by atoms with Gasteiger partial charge in [0, 0.05) is 4.88 Å². The molecule has 0 saturated heterocycles. The van der Waals surface area contributed by atoms with Crippen molar-refractivity contribution in [3.05, 3.63) is 28.6 Å². The molecule has 2 aromatic rings. The molecule has 0 N–H and O–H groups in total. The number of fused-ring (bicyclic) bond motifs is 1. The Labute approximate surface area is 94.7 Å². The first-order valence-electron chi connectivity index (χ1n) is 5.20. The predicted molar refractivity (Wildman–Crippen MR) is 67.2 cm³/mol. The van der Waals surface area contributed by atoms with Crippen LogP contribution in [-0.2, 0) is 0 Å². The van der Waals surface area contributed by atoms with E-state index < -0.39 is 0 Å². The zero-order chi connectivity index (χ0) is 11.0. The molecule has 0 aliphatic rings. The smallest absolute Gasteiger partial charge is 0.136 e. The summed E-state index contributed by atoms with van der Waals surface area (Å²) in [6.07, 6.45) is 0. The van der Waals surface area contributed by atoms with Gasteiger partial charge in [0.25, 0.3) is 0 Å². The second kappa shape index (κ2) is 3.86. The van der Waals surface area contributed by atoms with Crippen molar-refractivity contribution in [1.29, 1.82) is 0 Å². The molecule has 15 heavy (non-hydrogen) atoms. The lowest BCUT2D eigenvalue weighted by Crippen LogP contribution is -1.83. The molecule has 0 saturated carbocycles. The van der Waals surface area contributed by atoms with E-state index in [-0.39, 0.29) is 0 Å². The number of aryl methyl sites for hydroxylation is 1.